The predicted octanol–water partition coefficient (Wildman–Crippen LogP) is 13.0. The van der Waals surface area contributed by atoms with E-state index in [1.54, 1.807) is 0 Å². The third-order valence-electron chi connectivity index (χ3n) is 10.4. The van der Waals surface area contributed by atoms with Gasteiger partial charge in [0, 0.05) is 55.4 Å². The molecule has 0 aliphatic heterocycles. The summed E-state index contributed by atoms with van der Waals surface area (Å²) in [7, 11) is 0. The van der Waals surface area contributed by atoms with E-state index in [1.807, 2.05) is 24.3 Å². The molecular formula is C46H30N2O2. The Kier molecular flexibility index (Phi) is 5.75. The lowest BCUT2D eigenvalue weighted by molar-refractivity contribution is 0.668. The maximum absolute atomic E-state index is 6.22. The van der Waals surface area contributed by atoms with Gasteiger partial charge in [-0.3, -0.25) is 0 Å². The number of hydrogen-bond donors (Lipinski definition) is 0. The molecule has 4 nitrogen and oxygen atoms in total. The molecule has 0 unspecified atom stereocenters. The molecule has 4 heteroatoms. The van der Waals surface area contributed by atoms with Crippen molar-refractivity contribution in [2.75, 3.05) is 4.90 Å². The summed E-state index contributed by atoms with van der Waals surface area (Å²) in [5.41, 5.74) is 11.8. The van der Waals surface area contributed by atoms with Crippen molar-refractivity contribution in [3.63, 3.8) is 0 Å². The average molecular weight is 643 g/mol. The number of furan rings is 2. The molecule has 0 saturated heterocycles. The van der Waals surface area contributed by atoms with Gasteiger partial charge in [0.15, 0.2) is 0 Å². The van der Waals surface area contributed by atoms with Gasteiger partial charge in [0.25, 0.3) is 0 Å². The lowest BCUT2D eigenvalue weighted by Crippen LogP contribution is -2.10. The van der Waals surface area contributed by atoms with E-state index in [0.717, 1.165) is 79.5 Å². The van der Waals surface area contributed by atoms with Crippen LogP contribution in [0, 0.1) is 0 Å². The summed E-state index contributed by atoms with van der Waals surface area (Å²) in [6, 6.07) is 51.9. The Morgan fingerprint density at radius 2 is 1.04 bits per heavy atom. The molecule has 50 heavy (non-hydrogen) atoms. The molecule has 0 saturated carbocycles. The van der Waals surface area contributed by atoms with Crippen LogP contribution in [0.4, 0.5) is 17.1 Å². The number of rotatable bonds is 4. The highest BCUT2D eigenvalue weighted by atomic mass is 16.3. The first kappa shape index (κ1) is 27.4. The fourth-order valence-electron chi connectivity index (χ4n) is 8.10. The summed E-state index contributed by atoms with van der Waals surface area (Å²) in [6.07, 6.45) is 6.73. The Balaban J connectivity index is 1.11. The fraction of sp³-hybridized carbons (Fsp3) is 0.0435. The number of hydrogen-bond acceptors (Lipinski definition) is 3. The number of aromatic nitrogens is 1. The third kappa shape index (κ3) is 4.05. The third-order valence-corrected chi connectivity index (χ3v) is 10.4. The van der Waals surface area contributed by atoms with E-state index in [9.17, 15) is 0 Å². The molecule has 0 radical (unpaired) electrons. The van der Waals surface area contributed by atoms with Crippen molar-refractivity contribution < 1.29 is 8.83 Å². The van der Waals surface area contributed by atoms with Crippen LogP contribution in [-0.2, 0) is 6.42 Å². The van der Waals surface area contributed by atoms with E-state index in [0.29, 0.717) is 0 Å². The zero-order valence-electron chi connectivity index (χ0n) is 27.1. The number of anilines is 3. The summed E-state index contributed by atoms with van der Waals surface area (Å²) in [6.45, 7) is 0. The number of fused-ring (bicyclic) bond motifs is 10. The average Bonchev–Trinajstić information content (AvgIpc) is 3.83. The highest BCUT2D eigenvalue weighted by Gasteiger charge is 2.21. The topological polar surface area (TPSA) is 34.5 Å². The minimum Gasteiger partial charge on any atom is -0.456 e. The maximum Gasteiger partial charge on any atom is 0.135 e. The summed E-state index contributed by atoms with van der Waals surface area (Å²) in [4.78, 5) is 2.34. The van der Waals surface area contributed by atoms with Crippen LogP contribution in [0.5, 0.6) is 0 Å². The first-order valence-corrected chi connectivity index (χ1v) is 17.2. The van der Waals surface area contributed by atoms with E-state index in [2.05, 4.69) is 143 Å². The largest absolute Gasteiger partial charge is 0.456 e. The highest BCUT2D eigenvalue weighted by Crippen LogP contribution is 2.42. The van der Waals surface area contributed by atoms with Crippen molar-refractivity contribution in [3.05, 3.63) is 163 Å². The Labute approximate surface area is 287 Å². The van der Waals surface area contributed by atoms with Crippen LogP contribution in [0.25, 0.3) is 77.3 Å². The Hall–Kier alpha value is -6.52. The van der Waals surface area contributed by atoms with E-state index >= 15 is 0 Å². The number of allylic oxidation sites excluding steroid dienone is 1. The van der Waals surface area contributed by atoms with Crippen molar-refractivity contribution >= 4 is 88.7 Å². The van der Waals surface area contributed by atoms with Crippen LogP contribution in [-0.4, -0.2) is 4.57 Å². The second kappa shape index (κ2) is 10.5. The van der Waals surface area contributed by atoms with Gasteiger partial charge in [0.1, 0.15) is 22.3 Å². The van der Waals surface area contributed by atoms with E-state index in [-0.39, 0.29) is 0 Å². The number of benzene rings is 7. The second-order valence-corrected chi connectivity index (χ2v) is 13.3. The number of nitrogens with zero attached hydrogens (tertiary/aromatic N) is 2. The molecule has 11 rings (SSSR count). The van der Waals surface area contributed by atoms with Gasteiger partial charge in [-0.05, 0) is 120 Å². The molecule has 0 bridgehead atoms. The van der Waals surface area contributed by atoms with Crippen LogP contribution in [0.3, 0.4) is 0 Å². The normalized spacial score (nSPS) is 13.0. The van der Waals surface area contributed by atoms with Crippen LogP contribution in [0.1, 0.15) is 17.7 Å². The molecule has 0 amide bonds. The van der Waals surface area contributed by atoms with Gasteiger partial charge in [0.05, 0.1) is 5.52 Å². The Bertz CT molecular complexity index is 2880. The lowest BCUT2D eigenvalue weighted by atomic mass is 9.99. The molecule has 236 valence electrons. The quantitative estimate of drug-likeness (QED) is 0.192. The van der Waals surface area contributed by atoms with Gasteiger partial charge in [-0.1, -0.05) is 66.7 Å². The zero-order chi connectivity index (χ0) is 32.8. The molecule has 0 N–H and O–H groups in total. The maximum atomic E-state index is 6.22. The molecule has 1 aliphatic carbocycles. The molecule has 3 heterocycles. The van der Waals surface area contributed by atoms with Gasteiger partial charge in [-0.2, -0.15) is 0 Å². The van der Waals surface area contributed by atoms with Crippen LogP contribution >= 0.6 is 0 Å². The van der Waals surface area contributed by atoms with E-state index < -0.39 is 0 Å². The number of aryl methyl sites for hydroxylation is 1. The van der Waals surface area contributed by atoms with Crippen molar-refractivity contribution in [2.24, 2.45) is 0 Å². The molecular weight excluding hydrogens is 613 g/mol. The first-order chi connectivity index (χ1) is 24.8. The first-order valence-electron chi connectivity index (χ1n) is 17.2. The SMILES string of the molecule is C1=Cc2c(c3cc4ccccc4cc3n2-c2ccc(N(c3ccc4oc5ccccc5c4c3)c3ccc4oc5ccccc5c4c3)cc2)CC1. The molecule has 0 fully saturated rings. The van der Waals surface area contributed by atoms with Gasteiger partial charge >= 0.3 is 0 Å². The molecule has 0 atom stereocenters. The van der Waals surface area contributed by atoms with Crippen LogP contribution in [0.2, 0.25) is 0 Å². The summed E-state index contributed by atoms with van der Waals surface area (Å²) >= 11 is 0. The standard InChI is InChI=1S/C46H30N2O2/c1-2-10-30-26-42-38(25-29(30)9-1)35-11-3-6-14-41(35)48(42)32-19-17-31(18-20-32)47(33-21-23-45-39(27-33)36-12-4-7-15-43(36)49-45)34-22-24-46-40(28-34)37-13-5-8-16-44(37)50-46/h1-2,4-10,12-28H,3,11H2. The molecule has 0 spiro atoms. The highest BCUT2D eigenvalue weighted by molar-refractivity contribution is 6.08. The predicted molar refractivity (Wildman–Crippen MR) is 207 cm³/mol. The zero-order valence-corrected chi connectivity index (χ0v) is 27.1. The molecule has 1 aliphatic rings. The number of para-hydroxylation sites is 2. The van der Waals surface area contributed by atoms with Gasteiger partial charge in [-0.15, -0.1) is 0 Å². The van der Waals surface area contributed by atoms with Crippen LogP contribution < -0.4 is 4.90 Å². The van der Waals surface area contributed by atoms with Gasteiger partial charge < -0.3 is 18.3 Å². The lowest BCUT2D eigenvalue weighted by Gasteiger charge is -2.26. The Morgan fingerprint density at radius 1 is 0.480 bits per heavy atom. The van der Waals surface area contributed by atoms with Crippen molar-refractivity contribution in [1.82, 2.24) is 4.57 Å². The minimum absolute atomic E-state index is 0.881. The summed E-state index contributed by atoms with van der Waals surface area (Å²) < 4.78 is 14.9. The Morgan fingerprint density at radius 3 is 1.70 bits per heavy atom. The smallest absolute Gasteiger partial charge is 0.135 e. The molecule has 7 aromatic carbocycles. The molecule has 3 aromatic heterocycles. The summed E-state index contributed by atoms with van der Waals surface area (Å²) in [5.74, 6) is 0. The van der Waals surface area contributed by atoms with E-state index in [1.165, 1.54) is 32.9 Å². The van der Waals surface area contributed by atoms with Gasteiger partial charge in [0.2, 0.25) is 0 Å². The van der Waals surface area contributed by atoms with Gasteiger partial charge in [-0.25, -0.2) is 0 Å². The minimum atomic E-state index is 0.881. The van der Waals surface area contributed by atoms with Crippen molar-refractivity contribution in [1.29, 1.82) is 0 Å². The summed E-state index contributed by atoms with van der Waals surface area (Å²) in [5, 5.41) is 8.30. The van der Waals surface area contributed by atoms with Crippen molar-refractivity contribution in [3.8, 4) is 5.69 Å². The monoisotopic (exact) mass is 642 g/mol. The van der Waals surface area contributed by atoms with Crippen molar-refractivity contribution in [2.45, 2.75) is 12.8 Å². The second-order valence-electron chi connectivity index (χ2n) is 13.3. The fourth-order valence-corrected chi connectivity index (χ4v) is 8.10. The van der Waals surface area contributed by atoms with Crippen LogP contribution in [0.15, 0.2) is 161 Å². The molecule has 10 aromatic rings. The van der Waals surface area contributed by atoms with E-state index in [4.69, 9.17) is 8.83 Å².